The number of aryl methyl sites for hydroxylation is 1. The molecule has 0 unspecified atom stereocenters. The average Bonchev–Trinajstić information content (AvgIpc) is 2.79. The monoisotopic (exact) mass is 437 g/mol. The van der Waals surface area contributed by atoms with Crippen LogP contribution in [0.2, 0.25) is 5.02 Å². The number of hydrogen-bond acceptors (Lipinski definition) is 3. The number of halogens is 1. The lowest BCUT2D eigenvalue weighted by Gasteiger charge is -2.16. The van der Waals surface area contributed by atoms with E-state index in [9.17, 15) is 4.79 Å². The van der Waals surface area contributed by atoms with Gasteiger partial charge in [-0.1, -0.05) is 54.1 Å². The van der Waals surface area contributed by atoms with Gasteiger partial charge in [-0.25, -0.2) is 0 Å². The van der Waals surface area contributed by atoms with Crippen molar-refractivity contribution in [3.05, 3.63) is 94.5 Å². The highest BCUT2D eigenvalue weighted by molar-refractivity contribution is 6.32. The van der Waals surface area contributed by atoms with E-state index in [4.69, 9.17) is 21.1 Å². The van der Waals surface area contributed by atoms with Crippen LogP contribution in [0.25, 0.3) is 0 Å². The van der Waals surface area contributed by atoms with Crippen molar-refractivity contribution in [1.82, 2.24) is 5.32 Å². The van der Waals surface area contributed by atoms with Crippen molar-refractivity contribution in [2.24, 2.45) is 0 Å². The average molecular weight is 438 g/mol. The molecular formula is C26H28ClNO3. The summed E-state index contributed by atoms with van der Waals surface area (Å²) in [7, 11) is 0. The maximum Gasteiger partial charge on any atom is 0.251 e. The van der Waals surface area contributed by atoms with Gasteiger partial charge in [0, 0.05) is 17.2 Å². The van der Waals surface area contributed by atoms with Crippen LogP contribution < -0.4 is 14.8 Å². The molecule has 0 radical (unpaired) electrons. The minimum absolute atomic E-state index is 0.0575. The van der Waals surface area contributed by atoms with E-state index in [1.807, 2.05) is 62.4 Å². The Labute approximate surface area is 189 Å². The number of hydrogen-bond donors (Lipinski definition) is 1. The summed E-state index contributed by atoms with van der Waals surface area (Å²) in [6.45, 7) is 4.73. The number of carbonyl (C=O) groups excluding carboxylic acids is 1. The predicted molar refractivity (Wildman–Crippen MR) is 125 cm³/mol. The van der Waals surface area contributed by atoms with E-state index in [1.165, 1.54) is 5.56 Å². The molecule has 1 N–H and O–H groups in total. The molecule has 0 spiro atoms. The van der Waals surface area contributed by atoms with Crippen LogP contribution in [0.5, 0.6) is 11.5 Å². The number of amides is 1. The molecule has 162 valence electrons. The standard InChI is InChI=1S/C26H28ClNO3/c1-3-30-24-16-15-21(17-22(24)18-31-25-12-8-7-11-23(25)27)26(29)28-19(2)13-14-20-9-5-4-6-10-20/h4-12,15-17,19H,3,13-14,18H2,1-2H3,(H,28,29)/t19-/m0/s1. The lowest BCUT2D eigenvalue weighted by atomic mass is 10.1. The van der Waals surface area contributed by atoms with Crippen molar-refractivity contribution in [2.75, 3.05) is 6.61 Å². The summed E-state index contributed by atoms with van der Waals surface area (Å²) in [6, 6.07) is 23.1. The van der Waals surface area contributed by atoms with Crippen LogP contribution in [-0.2, 0) is 13.0 Å². The lowest BCUT2D eigenvalue weighted by molar-refractivity contribution is 0.0938. The van der Waals surface area contributed by atoms with Gasteiger partial charge in [0.15, 0.2) is 0 Å². The molecule has 3 aromatic rings. The van der Waals surface area contributed by atoms with Crippen molar-refractivity contribution in [1.29, 1.82) is 0 Å². The Morgan fingerprint density at radius 2 is 1.71 bits per heavy atom. The van der Waals surface area contributed by atoms with Crippen LogP contribution in [0.4, 0.5) is 0 Å². The van der Waals surface area contributed by atoms with E-state index < -0.39 is 0 Å². The Hall–Kier alpha value is -2.98. The SMILES string of the molecule is CCOc1ccc(C(=O)N[C@@H](C)CCc2ccccc2)cc1COc1ccccc1Cl. The summed E-state index contributed by atoms with van der Waals surface area (Å²) in [5.41, 5.74) is 2.64. The Morgan fingerprint density at radius 1 is 0.968 bits per heavy atom. The third-order valence-corrected chi connectivity index (χ3v) is 5.24. The maximum absolute atomic E-state index is 12.8. The van der Waals surface area contributed by atoms with Crippen molar-refractivity contribution in [2.45, 2.75) is 39.3 Å². The predicted octanol–water partition coefficient (Wildman–Crippen LogP) is 6.07. The summed E-state index contributed by atoms with van der Waals surface area (Å²) in [4.78, 5) is 12.8. The minimum atomic E-state index is -0.109. The molecule has 5 heteroatoms. The summed E-state index contributed by atoms with van der Waals surface area (Å²) in [5, 5.41) is 3.63. The fourth-order valence-corrected chi connectivity index (χ4v) is 3.44. The Morgan fingerprint density at radius 3 is 2.45 bits per heavy atom. The van der Waals surface area contributed by atoms with Gasteiger partial charge >= 0.3 is 0 Å². The minimum Gasteiger partial charge on any atom is -0.493 e. The zero-order valence-corrected chi connectivity index (χ0v) is 18.7. The van der Waals surface area contributed by atoms with Crippen molar-refractivity contribution in [3.8, 4) is 11.5 Å². The summed E-state index contributed by atoms with van der Waals surface area (Å²) >= 11 is 6.18. The maximum atomic E-state index is 12.8. The smallest absolute Gasteiger partial charge is 0.251 e. The molecule has 0 saturated carbocycles. The zero-order chi connectivity index (χ0) is 22.1. The van der Waals surface area contributed by atoms with Gasteiger partial charge in [-0.05, 0) is 62.6 Å². The summed E-state index contributed by atoms with van der Waals surface area (Å²) in [6.07, 6.45) is 1.79. The molecule has 0 fully saturated rings. The quantitative estimate of drug-likeness (QED) is 0.418. The first-order chi connectivity index (χ1) is 15.1. The highest BCUT2D eigenvalue weighted by Gasteiger charge is 2.14. The molecule has 0 bridgehead atoms. The third kappa shape index (κ3) is 6.76. The van der Waals surface area contributed by atoms with Crippen molar-refractivity contribution in [3.63, 3.8) is 0 Å². The fourth-order valence-electron chi connectivity index (χ4n) is 3.25. The van der Waals surface area contributed by atoms with Crippen LogP contribution in [0.15, 0.2) is 72.8 Å². The highest BCUT2D eigenvalue weighted by atomic mass is 35.5. The van der Waals surface area contributed by atoms with Crippen LogP contribution >= 0.6 is 11.6 Å². The number of carbonyl (C=O) groups is 1. The van der Waals surface area contributed by atoms with Crippen LogP contribution in [0.3, 0.4) is 0 Å². The zero-order valence-electron chi connectivity index (χ0n) is 17.9. The van der Waals surface area contributed by atoms with Gasteiger partial charge in [0.2, 0.25) is 0 Å². The van der Waals surface area contributed by atoms with Crippen molar-refractivity contribution >= 4 is 17.5 Å². The first-order valence-electron chi connectivity index (χ1n) is 10.5. The van der Waals surface area contributed by atoms with Gasteiger partial charge in [-0.15, -0.1) is 0 Å². The van der Waals surface area contributed by atoms with Crippen molar-refractivity contribution < 1.29 is 14.3 Å². The van der Waals surface area contributed by atoms with Gasteiger partial charge in [-0.2, -0.15) is 0 Å². The topological polar surface area (TPSA) is 47.6 Å². The molecule has 0 aliphatic heterocycles. The second-order valence-electron chi connectivity index (χ2n) is 7.37. The van der Waals surface area contributed by atoms with Crippen LogP contribution in [0, 0.1) is 0 Å². The molecule has 0 aliphatic carbocycles. The number of nitrogens with one attached hydrogen (secondary N) is 1. The largest absolute Gasteiger partial charge is 0.493 e. The summed E-state index contributed by atoms with van der Waals surface area (Å²) in [5.74, 6) is 1.18. The first kappa shape index (κ1) is 22.7. The van der Waals surface area contributed by atoms with Crippen LogP contribution in [0.1, 0.15) is 41.8 Å². The molecule has 0 aliphatic rings. The molecule has 0 aromatic heterocycles. The van der Waals surface area contributed by atoms with E-state index in [0.717, 1.165) is 18.4 Å². The van der Waals surface area contributed by atoms with Gasteiger partial charge in [0.05, 0.1) is 11.6 Å². The van der Waals surface area contributed by atoms with Gasteiger partial charge in [0.25, 0.3) is 5.91 Å². The molecule has 4 nitrogen and oxygen atoms in total. The van der Waals surface area contributed by atoms with Gasteiger partial charge < -0.3 is 14.8 Å². The number of rotatable bonds is 10. The second-order valence-corrected chi connectivity index (χ2v) is 7.78. The number of para-hydroxylation sites is 1. The molecule has 1 atom stereocenters. The third-order valence-electron chi connectivity index (χ3n) is 4.93. The number of ether oxygens (including phenoxy) is 2. The fraction of sp³-hybridized carbons (Fsp3) is 0.269. The molecule has 0 heterocycles. The first-order valence-corrected chi connectivity index (χ1v) is 10.9. The summed E-state index contributed by atoms with van der Waals surface area (Å²) < 4.78 is 11.6. The van der Waals surface area contributed by atoms with E-state index >= 15 is 0 Å². The van der Waals surface area contributed by atoms with E-state index in [0.29, 0.717) is 28.7 Å². The Kier molecular flexibility index (Phi) is 8.36. The lowest BCUT2D eigenvalue weighted by Crippen LogP contribution is -2.33. The van der Waals surface area contributed by atoms with E-state index in [-0.39, 0.29) is 18.6 Å². The molecule has 0 saturated heterocycles. The van der Waals surface area contributed by atoms with Crippen LogP contribution in [-0.4, -0.2) is 18.6 Å². The van der Waals surface area contributed by atoms with E-state index in [2.05, 4.69) is 17.4 Å². The second kappa shape index (κ2) is 11.4. The molecule has 3 aromatic carbocycles. The van der Waals surface area contributed by atoms with Gasteiger partial charge in [-0.3, -0.25) is 4.79 Å². The van der Waals surface area contributed by atoms with E-state index in [1.54, 1.807) is 12.1 Å². The molecular weight excluding hydrogens is 410 g/mol. The number of benzene rings is 3. The normalized spacial score (nSPS) is 11.6. The Balaban J connectivity index is 1.65. The Bertz CT molecular complexity index is 991. The molecule has 3 rings (SSSR count). The molecule has 31 heavy (non-hydrogen) atoms. The van der Waals surface area contributed by atoms with Gasteiger partial charge in [0.1, 0.15) is 18.1 Å². The molecule has 1 amide bonds. The highest BCUT2D eigenvalue weighted by Crippen LogP contribution is 2.27.